The highest BCUT2D eigenvalue weighted by Crippen LogP contribution is 2.36. The van der Waals surface area contributed by atoms with Gasteiger partial charge in [0.1, 0.15) is 11.6 Å². The number of nitrogens with one attached hydrogen (secondary N) is 1. The van der Waals surface area contributed by atoms with Gasteiger partial charge in [-0.2, -0.15) is 4.39 Å². The van der Waals surface area contributed by atoms with Crippen molar-refractivity contribution in [1.29, 1.82) is 0 Å². The predicted molar refractivity (Wildman–Crippen MR) is 130 cm³/mol. The molecule has 1 amide bonds. The number of aromatic nitrogens is 1. The average molecular weight is 463 g/mol. The van der Waals surface area contributed by atoms with Crippen molar-refractivity contribution >= 4 is 11.7 Å². The molecule has 2 aromatic carbocycles. The van der Waals surface area contributed by atoms with E-state index >= 15 is 4.39 Å². The second kappa shape index (κ2) is 9.14. The summed E-state index contributed by atoms with van der Waals surface area (Å²) >= 11 is 0. The van der Waals surface area contributed by atoms with Crippen LogP contribution in [0.4, 0.5) is 14.6 Å². The van der Waals surface area contributed by atoms with Gasteiger partial charge in [-0.15, -0.1) is 0 Å². The van der Waals surface area contributed by atoms with Crippen molar-refractivity contribution in [3.05, 3.63) is 70.9 Å². The highest BCUT2D eigenvalue weighted by molar-refractivity contribution is 5.97. The number of carbonyl (C=O) groups excluding carboxylic acids is 1. The molecular weight excluding hydrogens is 434 g/mol. The third-order valence-electron chi connectivity index (χ3n) is 7.14. The summed E-state index contributed by atoms with van der Waals surface area (Å²) in [5, 5.41) is 2.71. The van der Waals surface area contributed by atoms with Crippen molar-refractivity contribution in [2.24, 2.45) is 0 Å². The third-order valence-corrected chi connectivity index (χ3v) is 7.14. The summed E-state index contributed by atoms with van der Waals surface area (Å²) in [6.45, 7) is 5.94. The second-order valence-electron chi connectivity index (χ2n) is 9.09. The molecule has 7 heteroatoms. The first-order valence-corrected chi connectivity index (χ1v) is 11.8. The Bertz CT molecular complexity index is 1230. The summed E-state index contributed by atoms with van der Waals surface area (Å²) in [5.74, 6) is -1.15. The fraction of sp³-hybridized carbons (Fsp3) is 0.333. The van der Waals surface area contributed by atoms with E-state index in [2.05, 4.69) is 34.3 Å². The number of nitrogens with two attached hydrogens (primary N) is 1. The first-order chi connectivity index (χ1) is 16.4. The van der Waals surface area contributed by atoms with Gasteiger partial charge in [0, 0.05) is 28.8 Å². The normalized spacial score (nSPS) is 16.9. The maximum atomic E-state index is 15.0. The van der Waals surface area contributed by atoms with E-state index in [1.807, 2.05) is 12.1 Å². The summed E-state index contributed by atoms with van der Waals surface area (Å²) in [6.07, 6.45) is 2.82. The van der Waals surface area contributed by atoms with Crippen molar-refractivity contribution in [1.82, 2.24) is 15.2 Å². The Morgan fingerprint density at radius 3 is 2.47 bits per heavy atom. The quantitative estimate of drug-likeness (QED) is 0.549. The Labute approximate surface area is 198 Å². The van der Waals surface area contributed by atoms with Gasteiger partial charge in [0.05, 0.1) is 0 Å². The number of anilines is 1. The predicted octanol–water partition coefficient (Wildman–Crippen LogP) is 4.76. The zero-order valence-corrected chi connectivity index (χ0v) is 19.2. The van der Waals surface area contributed by atoms with E-state index in [-0.39, 0.29) is 22.9 Å². The van der Waals surface area contributed by atoms with Crippen molar-refractivity contribution in [2.75, 3.05) is 31.9 Å². The first-order valence-electron chi connectivity index (χ1n) is 11.8. The minimum Gasteiger partial charge on any atom is -0.383 e. The SMILES string of the molecule is CCN1CCC(c2ccc(-c3cc(-c4cc5c(cc4F)C(=O)NCC5)c(N)nc3F)cc2)CC1. The zero-order chi connectivity index (χ0) is 23.8. The molecule has 3 aromatic rings. The summed E-state index contributed by atoms with van der Waals surface area (Å²) in [4.78, 5) is 18.4. The van der Waals surface area contributed by atoms with Crippen LogP contribution in [0.1, 0.15) is 47.2 Å². The maximum absolute atomic E-state index is 15.0. The number of nitrogens with zero attached hydrogens (tertiary/aromatic N) is 2. The number of halogens is 2. The first kappa shape index (κ1) is 22.5. The molecule has 1 aromatic heterocycles. The Morgan fingerprint density at radius 1 is 1.03 bits per heavy atom. The van der Waals surface area contributed by atoms with Gasteiger partial charge in [-0.05, 0) is 79.7 Å². The molecule has 34 heavy (non-hydrogen) atoms. The van der Waals surface area contributed by atoms with E-state index in [0.29, 0.717) is 35.6 Å². The molecule has 0 bridgehead atoms. The molecule has 1 saturated heterocycles. The molecule has 3 heterocycles. The van der Waals surface area contributed by atoms with E-state index < -0.39 is 11.8 Å². The Morgan fingerprint density at radius 2 is 1.76 bits per heavy atom. The minimum atomic E-state index is -0.692. The van der Waals surface area contributed by atoms with Gasteiger partial charge in [-0.3, -0.25) is 4.79 Å². The van der Waals surface area contributed by atoms with Crippen LogP contribution in [0.5, 0.6) is 0 Å². The Hall–Kier alpha value is -3.32. The van der Waals surface area contributed by atoms with Gasteiger partial charge in [0.2, 0.25) is 5.95 Å². The molecule has 5 nitrogen and oxygen atoms in total. The summed E-state index contributed by atoms with van der Waals surface area (Å²) < 4.78 is 29.9. The number of pyridine rings is 1. The second-order valence-corrected chi connectivity index (χ2v) is 9.09. The summed E-state index contributed by atoms with van der Waals surface area (Å²) in [6, 6.07) is 12.3. The van der Waals surface area contributed by atoms with Gasteiger partial charge in [-0.1, -0.05) is 31.2 Å². The Kier molecular flexibility index (Phi) is 6.04. The van der Waals surface area contributed by atoms with Gasteiger partial charge in [0.15, 0.2) is 0 Å². The van der Waals surface area contributed by atoms with Crippen LogP contribution in [0.3, 0.4) is 0 Å². The molecule has 5 rings (SSSR count). The highest BCUT2D eigenvalue weighted by atomic mass is 19.1. The van der Waals surface area contributed by atoms with Crippen LogP contribution in [0.15, 0.2) is 42.5 Å². The average Bonchev–Trinajstić information content (AvgIpc) is 2.85. The minimum absolute atomic E-state index is 0.0836. The van der Waals surface area contributed by atoms with E-state index in [4.69, 9.17) is 5.73 Å². The largest absolute Gasteiger partial charge is 0.383 e. The smallest absolute Gasteiger partial charge is 0.251 e. The molecule has 0 unspecified atom stereocenters. The molecule has 2 aliphatic heterocycles. The van der Waals surface area contributed by atoms with Crippen molar-refractivity contribution in [2.45, 2.75) is 32.1 Å². The lowest BCUT2D eigenvalue weighted by atomic mass is 9.88. The topological polar surface area (TPSA) is 71.2 Å². The number of nitrogen functional groups attached to an aromatic ring is 1. The monoisotopic (exact) mass is 462 g/mol. The number of carbonyl (C=O) groups is 1. The van der Waals surface area contributed by atoms with Gasteiger partial charge in [0.25, 0.3) is 5.91 Å². The molecule has 0 aliphatic carbocycles. The van der Waals surface area contributed by atoms with E-state index in [1.165, 1.54) is 11.6 Å². The van der Waals surface area contributed by atoms with Crippen LogP contribution in [0.2, 0.25) is 0 Å². The van der Waals surface area contributed by atoms with Crippen LogP contribution in [0.25, 0.3) is 22.3 Å². The number of hydrogen-bond acceptors (Lipinski definition) is 4. The zero-order valence-electron chi connectivity index (χ0n) is 19.2. The molecule has 1 fully saturated rings. The summed E-state index contributed by atoms with van der Waals surface area (Å²) in [5.41, 5.74) is 9.80. The van der Waals surface area contributed by atoms with Crippen LogP contribution in [-0.4, -0.2) is 42.0 Å². The van der Waals surface area contributed by atoms with Crippen molar-refractivity contribution < 1.29 is 13.6 Å². The fourth-order valence-corrected chi connectivity index (χ4v) is 5.09. The van der Waals surface area contributed by atoms with Gasteiger partial charge >= 0.3 is 0 Å². The summed E-state index contributed by atoms with van der Waals surface area (Å²) in [7, 11) is 0. The molecule has 0 saturated carbocycles. The number of likely N-dealkylation sites (tertiary alicyclic amines) is 1. The van der Waals surface area contributed by atoms with Crippen LogP contribution < -0.4 is 11.1 Å². The lowest BCUT2D eigenvalue weighted by Gasteiger charge is -2.31. The van der Waals surface area contributed by atoms with E-state index in [9.17, 15) is 9.18 Å². The third kappa shape index (κ3) is 4.16. The van der Waals surface area contributed by atoms with Crippen molar-refractivity contribution in [3.8, 4) is 22.3 Å². The van der Waals surface area contributed by atoms with E-state index in [1.54, 1.807) is 12.1 Å². The van der Waals surface area contributed by atoms with Crippen molar-refractivity contribution in [3.63, 3.8) is 0 Å². The molecule has 0 atom stereocenters. The Balaban J connectivity index is 1.47. The molecular formula is C27H28F2N4O. The van der Waals surface area contributed by atoms with E-state index in [0.717, 1.165) is 38.0 Å². The number of fused-ring (bicyclic) bond motifs is 1. The van der Waals surface area contributed by atoms with Gasteiger partial charge in [-0.25, -0.2) is 9.37 Å². The molecule has 0 spiro atoms. The fourth-order valence-electron chi connectivity index (χ4n) is 5.09. The van der Waals surface area contributed by atoms with Gasteiger partial charge < -0.3 is 16.0 Å². The molecule has 176 valence electrons. The lowest BCUT2D eigenvalue weighted by Crippen LogP contribution is -2.32. The number of amides is 1. The number of benzene rings is 2. The van der Waals surface area contributed by atoms with Crippen LogP contribution in [0, 0.1) is 11.8 Å². The number of piperidine rings is 1. The number of hydrogen-bond donors (Lipinski definition) is 2. The van der Waals surface area contributed by atoms with Crippen LogP contribution in [-0.2, 0) is 6.42 Å². The molecule has 3 N–H and O–H groups in total. The molecule has 2 aliphatic rings. The highest BCUT2D eigenvalue weighted by Gasteiger charge is 2.23. The standard InChI is InChI=1S/C27H28F2N4O/c1-2-33-11-8-17(9-12-33)16-3-5-18(6-4-16)20-14-23(26(30)32-25(20)29)22-13-19-7-10-31-27(34)21(19)15-24(22)28/h3-6,13-15,17H,2,7-12H2,1H3,(H2,30,32)(H,31,34). The maximum Gasteiger partial charge on any atom is 0.251 e. The number of rotatable bonds is 4. The molecule has 0 radical (unpaired) electrons. The lowest BCUT2D eigenvalue weighted by molar-refractivity contribution is 0.0945. The van der Waals surface area contributed by atoms with Crippen LogP contribution >= 0.6 is 0 Å².